The summed E-state index contributed by atoms with van der Waals surface area (Å²) in [5.41, 5.74) is 0.361. The highest BCUT2D eigenvalue weighted by molar-refractivity contribution is 6.08. The molecule has 3 rings (SSSR count). The van der Waals surface area contributed by atoms with Crippen molar-refractivity contribution in [2.75, 3.05) is 18.5 Å². The highest BCUT2D eigenvalue weighted by Crippen LogP contribution is 2.30. The van der Waals surface area contributed by atoms with E-state index in [0.29, 0.717) is 24.7 Å². The maximum absolute atomic E-state index is 12.1. The minimum atomic E-state index is -4.80. The van der Waals surface area contributed by atoms with E-state index in [1.807, 2.05) is 0 Å². The van der Waals surface area contributed by atoms with Crippen molar-refractivity contribution in [3.8, 4) is 17.2 Å². The maximum Gasteiger partial charge on any atom is 0.573 e. The van der Waals surface area contributed by atoms with Crippen LogP contribution in [0.4, 0.5) is 23.7 Å². The molecule has 1 heterocycles. The van der Waals surface area contributed by atoms with Gasteiger partial charge in [0.05, 0.1) is 0 Å². The monoisotopic (exact) mass is 382 g/mol. The van der Waals surface area contributed by atoms with Crippen molar-refractivity contribution in [2.24, 2.45) is 0 Å². The Hall–Kier alpha value is -3.43. The number of fused-ring (bicyclic) bond motifs is 1. The van der Waals surface area contributed by atoms with Gasteiger partial charge in [-0.1, -0.05) is 0 Å². The van der Waals surface area contributed by atoms with E-state index in [0.717, 1.165) is 12.1 Å². The molecule has 0 unspecified atom stereocenters. The Bertz CT molecular complexity index is 853. The second kappa shape index (κ2) is 7.44. The van der Waals surface area contributed by atoms with Crippen molar-refractivity contribution in [1.29, 1.82) is 0 Å². The van der Waals surface area contributed by atoms with Crippen LogP contribution in [0.1, 0.15) is 10.4 Å². The normalized spacial score (nSPS) is 12.9. The summed E-state index contributed by atoms with van der Waals surface area (Å²) in [6.45, 7) is 0.764. The number of amides is 3. The lowest BCUT2D eigenvalue weighted by molar-refractivity contribution is -0.274. The first-order valence-corrected chi connectivity index (χ1v) is 7.68. The number of carbonyl (C=O) groups excluding carboxylic acids is 2. The van der Waals surface area contributed by atoms with Crippen molar-refractivity contribution < 1.29 is 37.0 Å². The molecule has 0 atom stereocenters. The number of anilines is 1. The van der Waals surface area contributed by atoms with Gasteiger partial charge >= 0.3 is 12.4 Å². The van der Waals surface area contributed by atoms with Crippen LogP contribution in [0, 0.1) is 0 Å². The van der Waals surface area contributed by atoms with Gasteiger partial charge in [0.25, 0.3) is 5.91 Å². The molecule has 1 aliphatic heterocycles. The summed E-state index contributed by atoms with van der Waals surface area (Å²) >= 11 is 0. The Morgan fingerprint density at radius 3 is 2.30 bits per heavy atom. The third-order valence-corrected chi connectivity index (χ3v) is 3.38. The van der Waals surface area contributed by atoms with Gasteiger partial charge in [0.15, 0.2) is 11.5 Å². The number of ether oxygens (including phenoxy) is 3. The SMILES string of the molecule is O=C(NC(=O)c1ccc2c(c1)OCCO2)Nc1ccc(OC(F)(F)F)cc1. The van der Waals surface area contributed by atoms with E-state index < -0.39 is 24.1 Å². The fourth-order valence-electron chi connectivity index (χ4n) is 2.26. The van der Waals surface area contributed by atoms with Crippen LogP contribution >= 0.6 is 0 Å². The number of alkyl halides is 3. The molecule has 3 amide bonds. The average molecular weight is 382 g/mol. The quantitative estimate of drug-likeness (QED) is 0.851. The van der Waals surface area contributed by atoms with Gasteiger partial charge in [-0.25, -0.2) is 4.79 Å². The van der Waals surface area contributed by atoms with Crippen LogP contribution in [-0.2, 0) is 0 Å². The highest BCUT2D eigenvalue weighted by Gasteiger charge is 2.31. The Morgan fingerprint density at radius 1 is 0.963 bits per heavy atom. The molecule has 10 heteroatoms. The smallest absolute Gasteiger partial charge is 0.486 e. The summed E-state index contributed by atoms with van der Waals surface area (Å²) < 4.78 is 50.7. The largest absolute Gasteiger partial charge is 0.573 e. The lowest BCUT2D eigenvalue weighted by Crippen LogP contribution is -2.34. The molecule has 2 aromatic carbocycles. The fraction of sp³-hybridized carbons (Fsp3) is 0.176. The predicted octanol–water partition coefficient (Wildman–Crippen LogP) is 3.32. The molecule has 0 bridgehead atoms. The van der Waals surface area contributed by atoms with Crippen LogP contribution in [0.25, 0.3) is 0 Å². The molecule has 0 aromatic heterocycles. The minimum Gasteiger partial charge on any atom is -0.486 e. The summed E-state index contributed by atoms with van der Waals surface area (Å²) in [5.74, 6) is -0.208. The number of nitrogens with one attached hydrogen (secondary N) is 2. The van der Waals surface area contributed by atoms with E-state index >= 15 is 0 Å². The lowest BCUT2D eigenvalue weighted by atomic mass is 10.2. The first-order valence-electron chi connectivity index (χ1n) is 7.68. The summed E-state index contributed by atoms with van der Waals surface area (Å²) in [6.07, 6.45) is -4.80. The van der Waals surface area contributed by atoms with Gasteiger partial charge in [0, 0.05) is 11.3 Å². The van der Waals surface area contributed by atoms with Crippen molar-refractivity contribution in [2.45, 2.75) is 6.36 Å². The number of rotatable bonds is 3. The first-order chi connectivity index (χ1) is 12.8. The van der Waals surface area contributed by atoms with Gasteiger partial charge in [0.2, 0.25) is 0 Å². The summed E-state index contributed by atoms with van der Waals surface area (Å²) in [6, 6.07) is 8.10. The van der Waals surface area contributed by atoms with Crippen LogP contribution in [0.15, 0.2) is 42.5 Å². The van der Waals surface area contributed by atoms with Crippen LogP contribution in [0.5, 0.6) is 17.2 Å². The lowest BCUT2D eigenvalue weighted by Gasteiger charge is -2.18. The van der Waals surface area contributed by atoms with Gasteiger partial charge in [-0.3, -0.25) is 10.1 Å². The standard InChI is InChI=1S/C17H13F3N2O5/c18-17(19,20)27-12-4-2-11(3-5-12)21-16(24)22-15(23)10-1-6-13-14(9-10)26-8-7-25-13/h1-6,9H,7-8H2,(H2,21,22,23,24). The molecule has 7 nitrogen and oxygen atoms in total. The van der Waals surface area contributed by atoms with Gasteiger partial charge in [-0.2, -0.15) is 0 Å². The molecule has 0 spiro atoms. The Kier molecular flexibility index (Phi) is 5.06. The van der Waals surface area contributed by atoms with E-state index in [2.05, 4.69) is 15.4 Å². The van der Waals surface area contributed by atoms with Gasteiger partial charge in [-0.05, 0) is 42.5 Å². The van der Waals surface area contributed by atoms with Gasteiger partial charge in [-0.15, -0.1) is 13.2 Å². The number of carbonyl (C=O) groups is 2. The van der Waals surface area contributed by atoms with E-state index in [9.17, 15) is 22.8 Å². The Balaban J connectivity index is 1.58. The third-order valence-electron chi connectivity index (χ3n) is 3.38. The Labute approximate surface area is 151 Å². The molecule has 2 aromatic rings. The number of imide groups is 1. The summed E-state index contributed by atoms with van der Waals surface area (Å²) in [7, 11) is 0. The van der Waals surface area contributed by atoms with E-state index in [-0.39, 0.29) is 11.3 Å². The van der Waals surface area contributed by atoms with Gasteiger partial charge in [0.1, 0.15) is 19.0 Å². The Morgan fingerprint density at radius 2 is 1.63 bits per heavy atom. The highest BCUT2D eigenvalue weighted by atomic mass is 19.4. The molecule has 0 saturated heterocycles. The van der Waals surface area contributed by atoms with Crippen LogP contribution < -0.4 is 24.8 Å². The molecular weight excluding hydrogens is 369 g/mol. The number of hydrogen-bond donors (Lipinski definition) is 2. The average Bonchev–Trinajstić information content (AvgIpc) is 2.61. The fourth-order valence-corrected chi connectivity index (χ4v) is 2.26. The molecule has 0 fully saturated rings. The molecule has 142 valence electrons. The number of halogens is 3. The van der Waals surface area contributed by atoms with Crippen LogP contribution in [-0.4, -0.2) is 31.5 Å². The van der Waals surface area contributed by atoms with E-state index in [1.54, 1.807) is 6.07 Å². The third kappa shape index (κ3) is 5.03. The topological polar surface area (TPSA) is 85.9 Å². The molecule has 27 heavy (non-hydrogen) atoms. The van der Waals surface area contributed by atoms with Crippen molar-refractivity contribution in [3.05, 3.63) is 48.0 Å². The number of benzene rings is 2. The molecule has 0 aliphatic carbocycles. The van der Waals surface area contributed by atoms with Crippen molar-refractivity contribution >= 4 is 17.6 Å². The second-order valence-corrected chi connectivity index (χ2v) is 5.34. The second-order valence-electron chi connectivity index (χ2n) is 5.34. The van der Waals surface area contributed by atoms with E-state index in [4.69, 9.17) is 9.47 Å². The van der Waals surface area contributed by atoms with Crippen molar-refractivity contribution in [3.63, 3.8) is 0 Å². The zero-order valence-electron chi connectivity index (χ0n) is 13.6. The summed E-state index contributed by atoms with van der Waals surface area (Å²) in [4.78, 5) is 24.0. The molecule has 0 radical (unpaired) electrons. The zero-order valence-corrected chi connectivity index (χ0v) is 13.6. The number of hydrogen-bond acceptors (Lipinski definition) is 5. The molecular formula is C17H13F3N2O5. The maximum atomic E-state index is 12.1. The molecule has 1 aliphatic rings. The van der Waals surface area contributed by atoms with E-state index in [1.165, 1.54) is 24.3 Å². The number of urea groups is 1. The van der Waals surface area contributed by atoms with Crippen LogP contribution in [0.3, 0.4) is 0 Å². The zero-order chi connectivity index (χ0) is 19.4. The summed E-state index contributed by atoms with van der Waals surface area (Å²) in [5, 5.41) is 4.44. The molecule has 2 N–H and O–H groups in total. The first kappa shape index (κ1) is 18.4. The molecule has 0 saturated carbocycles. The van der Waals surface area contributed by atoms with Gasteiger partial charge < -0.3 is 19.5 Å². The van der Waals surface area contributed by atoms with Crippen LogP contribution in [0.2, 0.25) is 0 Å². The predicted molar refractivity (Wildman–Crippen MR) is 87.0 cm³/mol. The van der Waals surface area contributed by atoms with Crippen molar-refractivity contribution in [1.82, 2.24) is 5.32 Å². The minimum absolute atomic E-state index is 0.178.